The Kier molecular flexibility index (Phi) is 2.91. The second kappa shape index (κ2) is 3.95. The van der Waals surface area contributed by atoms with Crippen molar-refractivity contribution >= 4 is 5.78 Å². The number of ketones is 1. The number of rotatable bonds is 3. The molecule has 0 bridgehead atoms. The van der Waals surface area contributed by atoms with Gasteiger partial charge in [-0.25, -0.2) is 4.98 Å². The average molecular weight is 167 g/mol. The largest absolute Gasteiger partial charge is 0.294 e. The van der Waals surface area contributed by atoms with E-state index >= 15 is 0 Å². The fourth-order valence-corrected chi connectivity index (χ4v) is 0.956. The van der Waals surface area contributed by atoms with E-state index in [1.165, 1.54) is 12.3 Å². The van der Waals surface area contributed by atoms with Gasteiger partial charge in [-0.15, -0.1) is 0 Å². The van der Waals surface area contributed by atoms with Gasteiger partial charge in [0.1, 0.15) is 0 Å². The number of aromatic nitrogens is 1. The number of Topliss-reactive ketones (excluding diaryl/α,β-unsaturated/α-hetero) is 1. The first-order valence-corrected chi connectivity index (χ1v) is 3.89. The molecule has 64 valence electrons. The van der Waals surface area contributed by atoms with Crippen LogP contribution in [0.4, 0.5) is 4.39 Å². The van der Waals surface area contributed by atoms with E-state index in [1.807, 2.05) is 6.92 Å². The van der Waals surface area contributed by atoms with E-state index in [9.17, 15) is 9.18 Å². The van der Waals surface area contributed by atoms with E-state index in [0.717, 1.165) is 6.42 Å². The van der Waals surface area contributed by atoms with Gasteiger partial charge in [-0.2, -0.15) is 4.39 Å². The maximum Gasteiger partial charge on any atom is 0.223 e. The first kappa shape index (κ1) is 8.84. The lowest BCUT2D eigenvalue weighted by Gasteiger charge is -1.98. The van der Waals surface area contributed by atoms with Gasteiger partial charge < -0.3 is 0 Å². The molecule has 1 aromatic rings. The summed E-state index contributed by atoms with van der Waals surface area (Å²) in [6.45, 7) is 1.88. The van der Waals surface area contributed by atoms with Gasteiger partial charge in [0.15, 0.2) is 5.78 Å². The molecule has 1 aromatic heterocycles. The molecule has 0 aliphatic carbocycles. The molecule has 0 fully saturated rings. The van der Waals surface area contributed by atoms with Crippen LogP contribution in [0.3, 0.4) is 0 Å². The highest BCUT2D eigenvalue weighted by Gasteiger charge is 2.09. The van der Waals surface area contributed by atoms with Gasteiger partial charge >= 0.3 is 0 Å². The molecule has 0 radical (unpaired) electrons. The minimum Gasteiger partial charge on any atom is -0.294 e. The Bertz CT molecular complexity index is 286. The molecule has 12 heavy (non-hydrogen) atoms. The summed E-state index contributed by atoms with van der Waals surface area (Å²) in [5, 5.41) is 0. The Morgan fingerprint density at radius 3 is 3.00 bits per heavy atom. The van der Waals surface area contributed by atoms with E-state index in [0.29, 0.717) is 6.42 Å². The van der Waals surface area contributed by atoms with Gasteiger partial charge in [-0.1, -0.05) is 6.92 Å². The first-order valence-electron chi connectivity index (χ1n) is 3.89. The van der Waals surface area contributed by atoms with E-state index in [1.54, 1.807) is 6.07 Å². The van der Waals surface area contributed by atoms with Crippen molar-refractivity contribution in [3.8, 4) is 0 Å². The van der Waals surface area contributed by atoms with Crippen molar-refractivity contribution in [2.45, 2.75) is 19.8 Å². The monoisotopic (exact) mass is 167 g/mol. The molecule has 0 amide bonds. The molecule has 0 unspecified atom stereocenters. The third-order valence-electron chi connectivity index (χ3n) is 1.54. The van der Waals surface area contributed by atoms with Gasteiger partial charge in [0.25, 0.3) is 0 Å². The predicted octanol–water partition coefficient (Wildman–Crippen LogP) is 2.20. The standard InChI is InChI=1S/C9H10FNO/c1-2-4-8(12)7-5-3-6-11-9(7)10/h3,5-6H,2,4H2,1H3. The highest BCUT2D eigenvalue weighted by atomic mass is 19.1. The molecule has 0 aromatic carbocycles. The summed E-state index contributed by atoms with van der Waals surface area (Å²) in [6, 6.07) is 3.02. The summed E-state index contributed by atoms with van der Waals surface area (Å²) in [6.07, 6.45) is 2.44. The number of carbonyl (C=O) groups excluding carboxylic acids is 1. The summed E-state index contributed by atoms with van der Waals surface area (Å²) in [5.41, 5.74) is 0.0966. The van der Waals surface area contributed by atoms with Crippen LogP contribution in [0.1, 0.15) is 30.1 Å². The zero-order valence-electron chi connectivity index (χ0n) is 6.88. The van der Waals surface area contributed by atoms with Crippen LogP contribution in [-0.2, 0) is 0 Å². The quantitative estimate of drug-likeness (QED) is 0.510. The van der Waals surface area contributed by atoms with Gasteiger partial charge in [-0.3, -0.25) is 4.79 Å². The normalized spacial score (nSPS) is 9.83. The Balaban J connectivity index is 2.87. The zero-order chi connectivity index (χ0) is 8.97. The number of hydrogen-bond acceptors (Lipinski definition) is 2. The Hall–Kier alpha value is -1.25. The van der Waals surface area contributed by atoms with E-state index in [2.05, 4.69) is 4.98 Å². The molecule has 0 saturated carbocycles. The summed E-state index contributed by atoms with van der Waals surface area (Å²) in [5.74, 6) is -0.848. The Labute approximate surface area is 70.4 Å². The van der Waals surface area contributed by atoms with E-state index < -0.39 is 5.95 Å². The van der Waals surface area contributed by atoms with Gasteiger partial charge in [0.05, 0.1) is 5.56 Å². The highest BCUT2D eigenvalue weighted by molar-refractivity contribution is 5.95. The SMILES string of the molecule is CCCC(=O)c1cccnc1F. The van der Waals surface area contributed by atoms with Crippen molar-refractivity contribution < 1.29 is 9.18 Å². The van der Waals surface area contributed by atoms with E-state index in [4.69, 9.17) is 0 Å². The molecule has 0 N–H and O–H groups in total. The van der Waals surface area contributed by atoms with Crippen molar-refractivity contribution in [3.05, 3.63) is 29.8 Å². The zero-order valence-corrected chi connectivity index (χ0v) is 6.88. The molecule has 0 aliphatic rings. The number of pyridine rings is 1. The van der Waals surface area contributed by atoms with Crippen LogP contribution in [0, 0.1) is 5.95 Å². The minimum absolute atomic E-state index is 0.0966. The molecule has 0 spiro atoms. The molecule has 1 rings (SSSR count). The lowest BCUT2D eigenvalue weighted by atomic mass is 10.1. The third-order valence-corrected chi connectivity index (χ3v) is 1.54. The molecular weight excluding hydrogens is 157 g/mol. The summed E-state index contributed by atoms with van der Waals surface area (Å²) < 4.78 is 12.8. The van der Waals surface area contributed by atoms with Crippen molar-refractivity contribution in [3.63, 3.8) is 0 Å². The van der Waals surface area contributed by atoms with E-state index in [-0.39, 0.29) is 11.3 Å². The highest BCUT2D eigenvalue weighted by Crippen LogP contribution is 2.07. The lowest BCUT2D eigenvalue weighted by molar-refractivity contribution is 0.0977. The topological polar surface area (TPSA) is 30.0 Å². The molecular formula is C9H10FNO. The second-order valence-corrected chi connectivity index (χ2v) is 2.51. The summed E-state index contributed by atoms with van der Waals surface area (Å²) in [4.78, 5) is 14.6. The van der Waals surface area contributed by atoms with Crippen molar-refractivity contribution in [1.29, 1.82) is 0 Å². The van der Waals surface area contributed by atoms with Crippen molar-refractivity contribution in [1.82, 2.24) is 4.98 Å². The van der Waals surface area contributed by atoms with Crippen LogP contribution < -0.4 is 0 Å². The smallest absolute Gasteiger partial charge is 0.223 e. The fraction of sp³-hybridized carbons (Fsp3) is 0.333. The number of carbonyl (C=O) groups is 1. The third kappa shape index (κ3) is 1.87. The summed E-state index contributed by atoms with van der Waals surface area (Å²) in [7, 11) is 0. The van der Waals surface area contributed by atoms with Crippen LogP contribution in [0.2, 0.25) is 0 Å². The minimum atomic E-state index is -0.670. The van der Waals surface area contributed by atoms with Gasteiger partial charge in [0, 0.05) is 12.6 Å². The molecule has 2 nitrogen and oxygen atoms in total. The van der Waals surface area contributed by atoms with Crippen LogP contribution in [0.15, 0.2) is 18.3 Å². The van der Waals surface area contributed by atoms with Crippen LogP contribution >= 0.6 is 0 Å². The number of nitrogens with zero attached hydrogens (tertiary/aromatic N) is 1. The first-order chi connectivity index (χ1) is 5.75. The lowest BCUT2D eigenvalue weighted by Crippen LogP contribution is -2.02. The van der Waals surface area contributed by atoms with Crippen molar-refractivity contribution in [2.24, 2.45) is 0 Å². The molecule has 0 saturated heterocycles. The van der Waals surface area contributed by atoms with Crippen molar-refractivity contribution in [2.75, 3.05) is 0 Å². The molecule has 0 atom stereocenters. The molecule has 3 heteroatoms. The molecule has 1 heterocycles. The fourth-order valence-electron chi connectivity index (χ4n) is 0.956. The average Bonchev–Trinajstić information content (AvgIpc) is 2.05. The Morgan fingerprint density at radius 1 is 1.67 bits per heavy atom. The Morgan fingerprint density at radius 2 is 2.42 bits per heavy atom. The van der Waals surface area contributed by atoms with Gasteiger partial charge in [0.2, 0.25) is 5.95 Å². The number of halogens is 1. The number of hydrogen-bond donors (Lipinski definition) is 0. The van der Waals surface area contributed by atoms with Crippen LogP contribution in [0.5, 0.6) is 0 Å². The van der Waals surface area contributed by atoms with Crippen LogP contribution in [-0.4, -0.2) is 10.8 Å². The van der Waals surface area contributed by atoms with Crippen LogP contribution in [0.25, 0.3) is 0 Å². The maximum atomic E-state index is 12.8. The maximum absolute atomic E-state index is 12.8. The second-order valence-electron chi connectivity index (χ2n) is 2.51. The summed E-state index contributed by atoms with van der Waals surface area (Å²) >= 11 is 0. The van der Waals surface area contributed by atoms with Gasteiger partial charge in [-0.05, 0) is 18.6 Å². The molecule has 0 aliphatic heterocycles. The predicted molar refractivity (Wildman–Crippen MR) is 43.4 cm³/mol.